The molecule has 2 aromatic heterocycles. The van der Waals surface area contributed by atoms with Crippen LogP contribution in [0.4, 0.5) is 0 Å². The van der Waals surface area contributed by atoms with Gasteiger partial charge >= 0.3 is 0 Å². The zero-order valence-electron chi connectivity index (χ0n) is 15.6. The number of methoxy groups -OCH3 is 2. The maximum absolute atomic E-state index is 12.9. The van der Waals surface area contributed by atoms with E-state index >= 15 is 0 Å². The van der Waals surface area contributed by atoms with E-state index < -0.39 is 0 Å². The van der Waals surface area contributed by atoms with Crippen molar-refractivity contribution < 1.29 is 9.47 Å². The number of nitrogens with zero attached hydrogens (tertiary/aromatic N) is 2. The van der Waals surface area contributed by atoms with Crippen molar-refractivity contribution in [2.24, 2.45) is 0 Å². The summed E-state index contributed by atoms with van der Waals surface area (Å²) < 4.78 is 12.2. The van der Waals surface area contributed by atoms with Crippen LogP contribution >= 0.6 is 0 Å². The maximum atomic E-state index is 12.9. The van der Waals surface area contributed by atoms with Gasteiger partial charge in [0.15, 0.2) is 11.5 Å². The molecule has 0 aliphatic rings. The first-order valence-electron chi connectivity index (χ1n) is 8.79. The Kier molecular flexibility index (Phi) is 4.32. The summed E-state index contributed by atoms with van der Waals surface area (Å²) in [5.74, 6) is 1.37. The minimum atomic E-state index is -0.0608. The summed E-state index contributed by atoms with van der Waals surface area (Å²) in [6.45, 7) is 2.56. The van der Waals surface area contributed by atoms with Crippen LogP contribution in [0.5, 0.6) is 11.5 Å². The lowest BCUT2D eigenvalue weighted by Gasteiger charge is -2.10. The van der Waals surface area contributed by atoms with Crippen LogP contribution < -0.4 is 15.0 Å². The lowest BCUT2D eigenvalue weighted by Crippen LogP contribution is -2.21. The summed E-state index contributed by atoms with van der Waals surface area (Å²) in [7, 11) is 3.22. The van der Waals surface area contributed by atoms with Crippen LogP contribution in [0.25, 0.3) is 21.9 Å². The van der Waals surface area contributed by atoms with Gasteiger partial charge in [-0.2, -0.15) is 0 Å². The van der Waals surface area contributed by atoms with Gasteiger partial charge < -0.3 is 14.5 Å². The summed E-state index contributed by atoms with van der Waals surface area (Å²) in [5.41, 5.74) is 4.34. The first-order valence-corrected chi connectivity index (χ1v) is 8.79. The number of aromatic amines is 1. The average Bonchev–Trinajstić information content (AvgIpc) is 3.06. The largest absolute Gasteiger partial charge is 0.493 e. The number of hydrogen-bond donors (Lipinski definition) is 1. The molecule has 0 fully saturated rings. The van der Waals surface area contributed by atoms with Crippen molar-refractivity contribution >= 4 is 21.9 Å². The van der Waals surface area contributed by atoms with Gasteiger partial charge in [-0.3, -0.25) is 9.36 Å². The predicted octanol–water partition coefficient (Wildman–Crippen LogP) is 3.45. The van der Waals surface area contributed by atoms with Crippen molar-refractivity contribution in [2.45, 2.75) is 19.9 Å². The smallest absolute Gasteiger partial charge is 0.277 e. The van der Waals surface area contributed by atoms with Crippen LogP contribution in [0.15, 0.2) is 47.5 Å². The fourth-order valence-corrected chi connectivity index (χ4v) is 3.35. The standard InChI is InChI=1S/C21H21N3O3/c1-13-4-6-16-15(10-13)19-20(23-16)21(25)24(12-22-19)9-8-14-5-7-17(26-2)18(11-14)27-3/h4-7,10-12,23H,8-9H2,1-3H3. The monoisotopic (exact) mass is 363 g/mol. The first kappa shape index (κ1) is 17.1. The molecule has 0 atom stereocenters. The highest BCUT2D eigenvalue weighted by Crippen LogP contribution is 2.28. The summed E-state index contributed by atoms with van der Waals surface area (Å²) >= 11 is 0. The number of hydrogen-bond acceptors (Lipinski definition) is 4. The number of fused-ring (bicyclic) bond motifs is 3. The molecule has 0 aliphatic carbocycles. The minimum absolute atomic E-state index is 0.0608. The predicted molar refractivity (Wildman–Crippen MR) is 106 cm³/mol. The Bertz CT molecular complexity index is 1190. The van der Waals surface area contributed by atoms with E-state index in [-0.39, 0.29) is 5.56 Å². The van der Waals surface area contributed by atoms with Crippen molar-refractivity contribution in [1.29, 1.82) is 0 Å². The molecule has 4 aromatic rings. The number of benzene rings is 2. The molecule has 6 nitrogen and oxygen atoms in total. The van der Waals surface area contributed by atoms with E-state index in [1.807, 2.05) is 37.3 Å². The second kappa shape index (κ2) is 6.79. The van der Waals surface area contributed by atoms with E-state index in [4.69, 9.17) is 9.47 Å². The van der Waals surface area contributed by atoms with E-state index in [0.717, 1.165) is 27.5 Å². The molecule has 138 valence electrons. The Balaban J connectivity index is 1.66. The molecule has 0 saturated carbocycles. The number of ether oxygens (including phenoxy) is 2. The maximum Gasteiger partial charge on any atom is 0.277 e. The lowest BCUT2D eigenvalue weighted by atomic mass is 10.1. The third kappa shape index (κ3) is 3.03. The van der Waals surface area contributed by atoms with Gasteiger partial charge in [0.05, 0.1) is 20.5 Å². The SMILES string of the molecule is COc1ccc(CCn2cnc3c([nH]c4ccc(C)cc43)c2=O)cc1OC. The van der Waals surface area contributed by atoms with Crippen molar-refractivity contribution in [3.63, 3.8) is 0 Å². The molecule has 0 radical (unpaired) electrons. The highest BCUT2D eigenvalue weighted by Gasteiger charge is 2.11. The van der Waals surface area contributed by atoms with Gasteiger partial charge in [-0.25, -0.2) is 4.98 Å². The van der Waals surface area contributed by atoms with Gasteiger partial charge in [-0.15, -0.1) is 0 Å². The molecule has 0 aliphatic heterocycles. The highest BCUT2D eigenvalue weighted by molar-refractivity contribution is 6.04. The van der Waals surface area contributed by atoms with E-state index in [0.29, 0.717) is 30.0 Å². The molecule has 2 heterocycles. The molecule has 0 saturated heterocycles. The zero-order chi connectivity index (χ0) is 19.0. The molecule has 0 bridgehead atoms. The Morgan fingerprint density at radius 2 is 1.89 bits per heavy atom. The summed E-state index contributed by atoms with van der Waals surface area (Å²) in [5, 5.41) is 0.981. The molecule has 6 heteroatoms. The topological polar surface area (TPSA) is 69.1 Å². The van der Waals surface area contributed by atoms with Gasteiger partial charge in [0.25, 0.3) is 5.56 Å². The van der Waals surface area contributed by atoms with Gasteiger partial charge in [0.2, 0.25) is 0 Å². The zero-order valence-corrected chi connectivity index (χ0v) is 15.6. The molecule has 0 amide bonds. The second-order valence-electron chi connectivity index (χ2n) is 6.58. The highest BCUT2D eigenvalue weighted by atomic mass is 16.5. The van der Waals surface area contributed by atoms with Crippen molar-refractivity contribution in [3.8, 4) is 11.5 Å². The number of aryl methyl sites for hydroxylation is 3. The van der Waals surface area contributed by atoms with Crippen LogP contribution in [0, 0.1) is 6.92 Å². The van der Waals surface area contributed by atoms with Gasteiger partial charge in [-0.05, 0) is 43.2 Å². The fraction of sp³-hybridized carbons (Fsp3) is 0.238. The third-order valence-corrected chi connectivity index (χ3v) is 4.82. The normalized spacial score (nSPS) is 11.2. The Labute approximate surface area is 156 Å². The Morgan fingerprint density at radius 3 is 2.67 bits per heavy atom. The number of aromatic nitrogens is 3. The Morgan fingerprint density at radius 1 is 1.07 bits per heavy atom. The number of rotatable bonds is 5. The lowest BCUT2D eigenvalue weighted by molar-refractivity contribution is 0.354. The quantitative estimate of drug-likeness (QED) is 0.590. The molecular weight excluding hydrogens is 342 g/mol. The Hall–Kier alpha value is -3.28. The molecular formula is C21H21N3O3. The van der Waals surface area contributed by atoms with E-state index in [1.165, 1.54) is 0 Å². The van der Waals surface area contributed by atoms with E-state index in [2.05, 4.69) is 16.0 Å². The van der Waals surface area contributed by atoms with Crippen LogP contribution in [-0.4, -0.2) is 28.8 Å². The van der Waals surface area contributed by atoms with Gasteiger partial charge in [0.1, 0.15) is 11.0 Å². The first-order chi connectivity index (χ1) is 13.1. The van der Waals surface area contributed by atoms with Crippen LogP contribution in [0.3, 0.4) is 0 Å². The van der Waals surface area contributed by atoms with Gasteiger partial charge in [0, 0.05) is 17.4 Å². The second-order valence-corrected chi connectivity index (χ2v) is 6.58. The van der Waals surface area contributed by atoms with Crippen molar-refractivity contribution in [1.82, 2.24) is 14.5 Å². The summed E-state index contributed by atoms with van der Waals surface area (Å²) in [4.78, 5) is 20.6. The molecule has 27 heavy (non-hydrogen) atoms. The van der Waals surface area contributed by atoms with Crippen molar-refractivity contribution in [2.75, 3.05) is 14.2 Å². The average molecular weight is 363 g/mol. The minimum Gasteiger partial charge on any atom is -0.493 e. The number of nitrogens with one attached hydrogen (secondary N) is 1. The molecule has 2 aromatic carbocycles. The molecule has 1 N–H and O–H groups in total. The van der Waals surface area contributed by atoms with Crippen LogP contribution in [0.1, 0.15) is 11.1 Å². The fourth-order valence-electron chi connectivity index (χ4n) is 3.35. The summed E-state index contributed by atoms with van der Waals surface area (Å²) in [6, 6.07) is 11.8. The van der Waals surface area contributed by atoms with E-state index in [1.54, 1.807) is 25.1 Å². The van der Waals surface area contributed by atoms with E-state index in [9.17, 15) is 4.79 Å². The molecule has 0 spiro atoms. The van der Waals surface area contributed by atoms with Gasteiger partial charge in [-0.1, -0.05) is 17.7 Å². The molecule has 0 unspecified atom stereocenters. The van der Waals surface area contributed by atoms with Crippen LogP contribution in [0.2, 0.25) is 0 Å². The molecule has 4 rings (SSSR count). The van der Waals surface area contributed by atoms with Crippen molar-refractivity contribution in [3.05, 3.63) is 64.2 Å². The number of H-pyrrole nitrogens is 1. The third-order valence-electron chi connectivity index (χ3n) is 4.82. The van der Waals surface area contributed by atoms with Crippen LogP contribution in [-0.2, 0) is 13.0 Å². The summed E-state index contributed by atoms with van der Waals surface area (Å²) in [6.07, 6.45) is 2.31.